The van der Waals surface area contributed by atoms with Crippen molar-refractivity contribution in [1.82, 2.24) is 4.90 Å². The van der Waals surface area contributed by atoms with Gasteiger partial charge in [0.15, 0.2) is 0 Å². The van der Waals surface area contributed by atoms with Gasteiger partial charge in [0.05, 0.1) is 4.88 Å². The zero-order valence-corrected chi connectivity index (χ0v) is 8.09. The first-order chi connectivity index (χ1) is 6.02. The second-order valence-corrected chi connectivity index (χ2v) is 3.75. The predicted molar refractivity (Wildman–Crippen MR) is 49.3 cm³/mol. The third kappa shape index (κ3) is 2.06. The predicted octanol–water partition coefficient (Wildman–Crippen LogP) is 1.15. The lowest BCUT2D eigenvalue weighted by molar-refractivity contribution is 0.0702. The van der Waals surface area contributed by atoms with Crippen LogP contribution in [0.1, 0.15) is 19.3 Å². The lowest BCUT2D eigenvalue weighted by atomic mass is 10.4. The molecular formula is C8H9NO3S. The number of thiophene rings is 1. The van der Waals surface area contributed by atoms with Crippen LogP contribution >= 0.6 is 11.3 Å². The molecule has 0 spiro atoms. The maximum absolute atomic E-state index is 11.3. The first-order valence-corrected chi connectivity index (χ1v) is 4.39. The molecule has 0 aliphatic heterocycles. The molecule has 1 aromatic heterocycles. The number of aromatic carboxylic acids is 1. The Kier molecular flexibility index (Phi) is 2.67. The van der Waals surface area contributed by atoms with E-state index >= 15 is 0 Å². The standard InChI is InChI=1S/C8H9NO3S/c1-9(2)7(10)5-3-4-6(13-5)8(11)12/h3-4H,1-2H3,(H,11,12). The number of carboxylic acids is 1. The molecule has 1 N–H and O–H groups in total. The molecule has 0 bridgehead atoms. The third-order valence-electron chi connectivity index (χ3n) is 1.43. The van der Waals surface area contributed by atoms with Crippen LogP contribution in [0.3, 0.4) is 0 Å². The monoisotopic (exact) mass is 199 g/mol. The first-order valence-electron chi connectivity index (χ1n) is 3.57. The Hall–Kier alpha value is -1.36. The molecule has 1 amide bonds. The summed E-state index contributed by atoms with van der Waals surface area (Å²) in [6.07, 6.45) is 0. The molecule has 0 unspecified atom stereocenters. The van der Waals surface area contributed by atoms with Gasteiger partial charge in [0, 0.05) is 14.1 Å². The van der Waals surface area contributed by atoms with E-state index in [0.717, 1.165) is 11.3 Å². The van der Waals surface area contributed by atoms with Crippen LogP contribution in [0.4, 0.5) is 0 Å². The Labute approximate surface area is 79.4 Å². The van der Waals surface area contributed by atoms with E-state index in [2.05, 4.69) is 0 Å². The van der Waals surface area contributed by atoms with E-state index in [-0.39, 0.29) is 10.8 Å². The van der Waals surface area contributed by atoms with Gasteiger partial charge in [0.25, 0.3) is 5.91 Å². The fourth-order valence-electron chi connectivity index (χ4n) is 0.788. The molecule has 1 rings (SSSR count). The van der Waals surface area contributed by atoms with E-state index in [1.807, 2.05) is 0 Å². The van der Waals surface area contributed by atoms with Gasteiger partial charge in [-0.2, -0.15) is 0 Å². The Morgan fingerprint density at radius 2 is 1.85 bits per heavy atom. The zero-order valence-electron chi connectivity index (χ0n) is 7.27. The minimum Gasteiger partial charge on any atom is -0.477 e. The quantitative estimate of drug-likeness (QED) is 0.777. The maximum atomic E-state index is 11.3. The summed E-state index contributed by atoms with van der Waals surface area (Å²) in [5.74, 6) is -1.17. The highest BCUT2D eigenvalue weighted by atomic mass is 32.1. The van der Waals surface area contributed by atoms with E-state index in [1.165, 1.54) is 17.0 Å². The molecule has 4 nitrogen and oxygen atoms in total. The van der Waals surface area contributed by atoms with Crippen molar-refractivity contribution in [2.24, 2.45) is 0 Å². The third-order valence-corrected chi connectivity index (χ3v) is 2.49. The van der Waals surface area contributed by atoms with Crippen molar-refractivity contribution in [2.75, 3.05) is 14.1 Å². The molecule has 1 aromatic rings. The molecule has 0 saturated carbocycles. The van der Waals surface area contributed by atoms with Crippen LogP contribution in [0.15, 0.2) is 12.1 Å². The summed E-state index contributed by atoms with van der Waals surface area (Å²) >= 11 is 0.987. The first kappa shape index (κ1) is 9.73. The summed E-state index contributed by atoms with van der Waals surface area (Å²) in [4.78, 5) is 23.9. The normalized spacial score (nSPS) is 9.69. The van der Waals surface area contributed by atoms with Crippen molar-refractivity contribution >= 4 is 23.2 Å². The smallest absolute Gasteiger partial charge is 0.345 e. The summed E-state index contributed by atoms with van der Waals surface area (Å²) in [5.41, 5.74) is 0. The number of hydrogen-bond donors (Lipinski definition) is 1. The van der Waals surface area contributed by atoms with E-state index in [9.17, 15) is 9.59 Å². The van der Waals surface area contributed by atoms with Gasteiger partial charge in [-0.15, -0.1) is 11.3 Å². The minimum absolute atomic E-state index is 0.169. The van der Waals surface area contributed by atoms with Crippen LogP contribution in [0, 0.1) is 0 Å². The molecule has 0 aliphatic carbocycles. The molecule has 0 saturated heterocycles. The van der Waals surface area contributed by atoms with E-state index in [0.29, 0.717) is 4.88 Å². The number of rotatable bonds is 2. The fourth-order valence-corrected chi connectivity index (χ4v) is 1.65. The molecule has 5 heteroatoms. The van der Waals surface area contributed by atoms with Crippen molar-refractivity contribution in [3.63, 3.8) is 0 Å². The average molecular weight is 199 g/mol. The van der Waals surface area contributed by atoms with Crippen LogP contribution in [0.5, 0.6) is 0 Å². The molecule has 0 aliphatic rings. The molecule has 70 valence electrons. The average Bonchev–Trinajstić information content (AvgIpc) is 2.50. The summed E-state index contributed by atoms with van der Waals surface area (Å²) in [6, 6.07) is 2.96. The Balaban J connectivity index is 2.92. The van der Waals surface area contributed by atoms with Crippen LogP contribution in [0.25, 0.3) is 0 Å². The molecule has 0 radical (unpaired) electrons. The van der Waals surface area contributed by atoms with Crippen LogP contribution < -0.4 is 0 Å². The number of amides is 1. The Morgan fingerprint density at radius 3 is 2.23 bits per heavy atom. The molecular weight excluding hydrogens is 190 g/mol. The number of carboxylic acid groups (broad SMARTS) is 1. The van der Waals surface area contributed by atoms with Gasteiger partial charge in [-0.1, -0.05) is 0 Å². The maximum Gasteiger partial charge on any atom is 0.345 e. The van der Waals surface area contributed by atoms with E-state index in [4.69, 9.17) is 5.11 Å². The topological polar surface area (TPSA) is 57.6 Å². The van der Waals surface area contributed by atoms with Crippen LogP contribution in [-0.4, -0.2) is 36.0 Å². The van der Waals surface area contributed by atoms with Gasteiger partial charge in [-0.3, -0.25) is 4.79 Å². The van der Waals surface area contributed by atoms with Gasteiger partial charge in [0.2, 0.25) is 0 Å². The summed E-state index contributed by atoms with van der Waals surface area (Å²) < 4.78 is 0. The minimum atomic E-state index is -0.997. The van der Waals surface area contributed by atoms with Crippen molar-refractivity contribution in [1.29, 1.82) is 0 Å². The lowest BCUT2D eigenvalue weighted by Crippen LogP contribution is -2.20. The Bertz CT molecular complexity index is 343. The second-order valence-electron chi connectivity index (χ2n) is 2.67. The summed E-state index contributed by atoms with van der Waals surface area (Å²) in [6.45, 7) is 0. The lowest BCUT2D eigenvalue weighted by Gasteiger charge is -2.06. The summed E-state index contributed by atoms with van der Waals surface area (Å²) in [7, 11) is 3.25. The van der Waals surface area contributed by atoms with Crippen molar-refractivity contribution in [3.05, 3.63) is 21.9 Å². The highest BCUT2D eigenvalue weighted by molar-refractivity contribution is 7.15. The molecule has 13 heavy (non-hydrogen) atoms. The number of nitrogens with zero attached hydrogens (tertiary/aromatic N) is 1. The zero-order chi connectivity index (χ0) is 10.0. The van der Waals surface area contributed by atoms with Gasteiger partial charge in [0.1, 0.15) is 4.88 Å². The van der Waals surface area contributed by atoms with Crippen LogP contribution in [0.2, 0.25) is 0 Å². The van der Waals surface area contributed by atoms with E-state index in [1.54, 1.807) is 14.1 Å². The molecule has 0 atom stereocenters. The highest BCUT2D eigenvalue weighted by Gasteiger charge is 2.13. The van der Waals surface area contributed by atoms with Crippen molar-refractivity contribution in [3.8, 4) is 0 Å². The summed E-state index contributed by atoms with van der Waals surface area (Å²) in [5, 5.41) is 8.60. The number of carbonyl (C=O) groups is 2. The highest BCUT2D eigenvalue weighted by Crippen LogP contribution is 2.17. The number of carbonyl (C=O) groups excluding carboxylic acids is 1. The van der Waals surface area contributed by atoms with E-state index < -0.39 is 5.97 Å². The Morgan fingerprint density at radius 1 is 1.31 bits per heavy atom. The number of hydrogen-bond acceptors (Lipinski definition) is 3. The SMILES string of the molecule is CN(C)C(=O)c1ccc(C(=O)O)s1. The molecule has 0 aromatic carbocycles. The van der Waals surface area contributed by atoms with Gasteiger partial charge >= 0.3 is 5.97 Å². The van der Waals surface area contributed by atoms with Gasteiger partial charge in [-0.05, 0) is 12.1 Å². The van der Waals surface area contributed by atoms with Crippen molar-refractivity contribution < 1.29 is 14.7 Å². The molecule has 0 fully saturated rings. The molecule has 1 heterocycles. The largest absolute Gasteiger partial charge is 0.477 e. The van der Waals surface area contributed by atoms with Crippen molar-refractivity contribution in [2.45, 2.75) is 0 Å². The van der Waals surface area contributed by atoms with Gasteiger partial charge in [-0.25, -0.2) is 4.79 Å². The van der Waals surface area contributed by atoms with Crippen LogP contribution in [-0.2, 0) is 0 Å². The fraction of sp³-hybridized carbons (Fsp3) is 0.250. The second kappa shape index (κ2) is 3.57. The van der Waals surface area contributed by atoms with Gasteiger partial charge < -0.3 is 10.0 Å².